The normalized spacial score (nSPS) is 20.8. The Morgan fingerprint density at radius 1 is 1.10 bits per heavy atom. The SMILES string of the molecule is N#Cc1cc(NC2CC(c3ccccc3)C2)ccc1F. The van der Waals surface area contributed by atoms with Crippen molar-refractivity contribution in [3.05, 3.63) is 65.5 Å². The molecule has 3 rings (SSSR count). The van der Waals surface area contributed by atoms with Crippen LogP contribution in [0.15, 0.2) is 48.5 Å². The van der Waals surface area contributed by atoms with E-state index in [1.807, 2.05) is 12.1 Å². The van der Waals surface area contributed by atoms with Crippen LogP contribution in [-0.4, -0.2) is 6.04 Å². The maximum Gasteiger partial charge on any atom is 0.141 e. The van der Waals surface area contributed by atoms with E-state index in [2.05, 4.69) is 29.6 Å². The Balaban J connectivity index is 1.61. The summed E-state index contributed by atoms with van der Waals surface area (Å²) in [6, 6.07) is 17.3. The lowest BCUT2D eigenvalue weighted by Gasteiger charge is -2.37. The van der Waals surface area contributed by atoms with E-state index in [1.165, 1.54) is 11.6 Å². The molecular formula is C17H15FN2. The Bertz CT molecular complexity index is 640. The van der Waals surface area contributed by atoms with Gasteiger partial charge in [-0.2, -0.15) is 5.26 Å². The van der Waals surface area contributed by atoms with Crippen molar-refractivity contribution in [3.63, 3.8) is 0 Å². The van der Waals surface area contributed by atoms with Crippen LogP contribution in [0.3, 0.4) is 0 Å². The zero-order valence-electron chi connectivity index (χ0n) is 11.0. The van der Waals surface area contributed by atoms with Crippen LogP contribution >= 0.6 is 0 Å². The Morgan fingerprint density at radius 3 is 2.55 bits per heavy atom. The van der Waals surface area contributed by atoms with Crippen molar-refractivity contribution >= 4 is 5.69 Å². The lowest BCUT2D eigenvalue weighted by Crippen LogP contribution is -2.33. The van der Waals surface area contributed by atoms with Gasteiger partial charge in [-0.25, -0.2) is 4.39 Å². The predicted molar refractivity (Wildman–Crippen MR) is 76.9 cm³/mol. The maximum absolute atomic E-state index is 13.2. The summed E-state index contributed by atoms with van der Waals surface area (Å²) in [4.78, 5) is 0. The van der Waals surface area contributed by atoms with Crippen molar-refractivity contribution < 1.29 is 4.39 Å². The van der Waals surface area contributed by atoms with Crippen molar-refractivity contribution in [2.45, 2.75) is 24.8 Å². The summed E-state index contributed by atoms with van der Waals surface area (Å²) in [6.07, 6.45) is 2.15. The van der Waals surface area contributed by atoms with E-state index >= 15 is 0 Å². The number of anilines is 1. The first-order valence-corrected chi connectivity index (χ1v) is 6.77. The molecule has 1 fully saturated rings. The van der Waals surface area contributed by atoms with Gasteiger partial charge in [0, 0.05) is 11.7 Å². The molecule has 0 radical (unpaired) electrons. The first kappa shape index (κ1) is 12.7. The highest BCUT2D eigenvalue weighted by Gasteiger charge is 2.30. The number of nitriles is 1. The van der Waals surface area contributed by atoms with Gasteiger partial charge in [0.25, 0.3) is 0 Å². The molecule has 0 unspecified atom stereocenters. The highest BCUT2D eigenvalue weighted by molar-refractivity contribution is 5.51. The van der Waals surface area contributed by atoms with Gasteiger partial charge in [-0.05, 0) is 42.5 Å². The number of halogens is 1. The highest BCUT2D eigenvalue weighted by Crippen LogP contribution is 2.38. The van der Waals surface area contributed by atoms with Crippen LogP contribution in [0.1, 0.15) is 29.9 Å². The molecule has 0 bridgehead atoms. The standard InChI is InChI=1S/C17H15FN2/c18-17-7-6-15(10-14(17)11-19)20-16-8-13(9-16)12-4-2-1-3-5-12/h1-7,10,13,16,20H,8-9H2. The molecule has 3 heteroatoms. The molecule has 2 aromatic rings. The molecule has 1 saturated carbocycles. The third kappa shape index (κ3) is 2.50. The van der Waals surface area contributed by atoms with E-state index in [-0.39, 0.29) is 5.56 Å². The number of hydrogen-bond acceptors (Lipinski definition) is 2. The zero-order valence-corrected chi connectivity index (χ0v) is 11.0. The van der Waals surface area contributed by atoms with Gasteiger partial charge < -0.3 is 5.32 Å². The molecule has 0 amide bonds. The number of rotatable bonds is 3. The van der Waals surface area contributed by atoms with Gasteiger partial charge >= 0.3 is 0 Å². The third-order valence-electron chi connectivity index (χ3n) is 3.87. The first-order valence-electron chi connectivity index (χ1n) is 6.77. The summed E-state index contributed by atoms with van der Waals surface area (Å²) in [5.74, 6) is 0.137. The monoisotopic (exact) mass is 266 g/mol. The van der Waals surface area contributed by atoms with E-state index in [0.717, 1.165) is 18.5 Å². The molecule has 0 heterocycles. The third-order valence-corrected chi connectivity index (χ3v) is 3.87. The zero-order chi connectivity index (χ0) is 13.9. The Labute approximate surface area is 117 Å². The molecule has 1 N–H and O–H groups in total. The minimum absolute atomic E-state index is 0.0916. The van der Waals surface area contributed by atoms with Crippen LogP contribution in [0.25, 0.3) is 0 Å². The molecule has 0 aromatic heterocycles. The Kier molecular flexibility index (Phi) is 3.39. The maximum atomic E-state index is 13.2. The van der Waals surface area contributed by atoms with E-state index in [9.17, 15) is 4.39 Å². The lowest BCUT2D eigenvalue weighted by atomic mass is 9.76. The largest absolute Gasteiger partial charge is 0.382 e. The summed E-state index contributed by atoms with van der Waals surface area (Å²) in [6.45, 7) is 0. The van der Waals surface area contributed by atoms with Gasteiger partial charge in [0.2, 0.25) is 0 Å². The molecular weight excluding hydrogens is 251 g/mol. The Hall–Kier alpha value is -2.34. The minimum Gasteiger partial charge on any atom is -0.382 e. The molecule has 2 aromatic carbocycles. The number of hydrogen-bond donors (Lipinski definition) is 1. The fourth-order valence-corrected chi connectivity index (χ4v) is 2.67. The van der Waals surface area contributed by atoms with Gasteiger partial charge in [-0.15, -0.1) is 0 Å². The van der Waals surface area contributed by atoms with Crippen LogP contribution in [0.5, 0.6) is 0 Å². The first-order chi connectivity index (χ1) is 9.76. The summed E-state index contributed by atoms with van der Waals surface area (Å²) in [5.41, 5.74) is 2.29. The van der Waals surface area contributed by atoms with Crippen LogP contribution < -0.4 is 5.32 Å². The molecule has 0 aliphatic heterocycles. The van der Waals surface area contributed by atoms with Crippen LogP contribution in [0, 0.1) is 17.1 Å². The van der Waals surface area contributed by atoms with Crippen molar-refractivity contribution in [3.8, 4) is 6.07 Å². The summed E-state index contributed by atoms with van der Waals surface area (Å²) < 4.78 is 13.2. The molecule has 20 heavy (non-hydrogen) atoms. The number of benzene rings is 2. The van der Waals surface area contributed by atoms with Gasteiger partial charge in [-0.3, -0.25) is 0 Å². The van der Waals surface area contributed by atoms with Crippen LogP contribution in [0.4, 0.5) is 10.1 Å². The molecule has 0 saturated heterocycles. The highest BCUT2D eigenvalue weighted by atomic mass is 19.1. The van der Waals surface area contributed by atoms with Crippen molar-refractivity contribution in [2.24, 2.45) is 0 Å². The van der Waals surface area contributed by atoms with E-state index in [0.29, 0.717) is 12.0 Å². The van der Waals surface area contributed by atoms with E-state index in [4.69, 9.17) is 5.26 Å². The van der Waals surface area contributed by atoms with Crippen LogP contribution in [0.2, 0.25) is 0 Å². The van der Waals surface area contributed by atoms with Gasteiger partial charge in [0.15, 0.2) is 0 Å². The minimum atomic E-state index is -0.464. The summed E-state index contributed by atoms with van der Waals surface area (Å²) >= 11 is 0. The van der Waals surface area contributed by atoms with Gasteiger partial charge in [0.1, 0.15) is 11.9 Å². The fraction of sp³-hybridized carbons (Fsp3) is 0.235. The Morgan fingerprint density at radius 2 is 1.85 bits per heavy atom. The molecule has 1 aliphatic carbocycles. The second-order valence-electron chi connectivity index (χ2n) is 5.23. The lowest BCUT2D eigenvalue weighted by molar-refractivity contribution is 0.374. The second kappa shape index (κ2) is 5.34. The van der Waals surface area contributed by atoms with Crippen LogP contribution in [-0.2, 0) is 0 Å². The van der Waals surface area contributed by atoms with E-state index in [1.54, 1.807) is 12.1 Å². The smallest absolute Gasteiger partial charge is 0.141 e. The second-order valence-corrected chi connectivity index (χ2v) is 5.23. The van der Waals surface area contributed by atoms with Gasteiger partial charge in [-0.1, -0.05) is 30.3 Å². The fourth-order valence-electron chi connectivity index (χ4n) is 2.67. The quantitative estimate of drug-likeness (QED) is 0.909. The molecule has 2 nitrogen and oxygen atoms in total. The molecule has 0 spiro atoms. The van der Waals surface area contributed by atoms with E-state index < -0.39 is 5.82 Å². The van der Waals surface area contributed by atoms with Gasteiger partial charge in [0.05, 0.1) is 5.56 Å². The van der Waals surface area contributed by atoms with Crippen molar-refractivity contribution in [1.82, 2.24) is 0 Å². The molecule has 100 valence electrons. The molecule has 0 atom stereocenters. The summed E-state index contributed by atoms with van der Waals surface area (Å²) in [5, 5.41) is 12.2. The average Bonchev–Trinajstić information content (AvgIpc) is 2.45. The number of nitrogens with zero attached hydrogens (tertiary/aromatic N) is 1. The molecule has 1 aliphatic rings. The summed E-state index contributed by atoms with van der Waals surface area (Å²) in [7, 11) is 0. The number of nitrogens with one attached hydrogen (secondary N) is 1. The average molecular weight is 266 g/mol. The van der Waals surface area contributed by atoms with Crippen molar-refractivity contribution in [2.75, 3.05) is 5.32 Å². The predicted octanol–water partition coefficient (Wildman–Crippen LogP) is 4.06. The van der Waals surface area contributed by atoms with Crippen molar-refractivity contribution in [1.29, 1.82) is 5.26 Å². The topological polar surface area (TPSA) is 35.8 Å².